The summed E-state index contributed by atoms with van der Waals surface area (Å²) in [6.45, 7) is 1.35. The fraction of sp³-hybridized carbons (Fsp3) is 0.526. The summed E-state index contributed by atoms with van der Waals surface area (Å²) < 4.78 is 10.9. The first kappa shape index (κ1) is 17.0. The molecule has 7 heteroatoms. The Kier molecular flexibility index (Phi) is 4.63. The van der Waals surface area contributed by atoms with Gasteiger partial charge in [0.1, 0.15) is 5.69 Å². The van der Waals surface area contributed by atoms with Crippen molar-refractivity contribution in [1.82, 2.24) is 10.1 Å². The van der Waals surface area contributed by atoms with Crippen molar-refractivity contribution in [2.75, 3.05) is 13.1 Å². The van der Waals surface area contributed by atoms with Crippen molar-refractivity contribution in [2.45, 2.75) is 44.3 Å². The van der Waals surface area contributed by atoms with Crippen LogP contribution in [0.4, 0.5) is 0 Å². The lowest BCUT2D eigenvalue weighted by atomic mass is 9.89. The number of hydrogen-bond acceptors (Lipinski definition) is 5. The summed E-state index contributed by atoms with van der Waals surface area (Å²) >= 11 is 0. The average Bonchev–Trinajstić information content (AvgIpc) is 3.30. The zero-order valence-corrected chi connectivity index (χ0v) is 14.5. The van der Waals surface area contributed by atoms with Crippen LogP contribution < -0.4 is 0 Å². The number of carbonyl (C=O) groups excluding carboxylic acids is 1. The van der Waals surface area contributed by atoms with E-state index in [1.165, 1.54) is 0 Å². The highest BCUT2D eigenvalue weighted by atomic mass is 16.5. The van der Waals surface area contributed by atoms with Gasteiger partial charge in [0.15, 0.2) is 11.7 Å². The van der Waals surface area contributed by atoms with Gasteiger partial charge >= 0.3 is 5.97 Å². The molecular weight excluding hydrogens is 336 g/mol. The molecule has 138 valence electrons. The van der Waals surface area contributed by atoms with Crippen LogP contribution in [0.2, 0.25) is 0 Å². The quantitative estimate of drug-likeness (QED) is 0.901. The summed E-state index contributed by atoms with van der Waals surface area (Å²) in [4.78, 5) is 25.5. The van der Waals surface area contributed by atoms with Crippen molar-refractivity contribution in [3.05, 3.63) is 30.0 Å². The van der Waals surface area contributed by atoms with Crippen LogP contribution in [0.15, 0.2) is 28.8 Å². The molecule has 1 aromatic heterocycles. The van der Waals surface area contributed by atoms with Gasteiger partial charge in [0, 0.05) is 18.5 Å². The SMILES string of the molecule is O=C(O)[C@H]1CC[C@@H](C2CCN(C(=O)Cc3noc4ccccc34)CC2)O1. The first-order valence-corrected chi connectivity index (χ1v) is 9.11. The second kappa shape index (κ2) is 7.07. The summed E-state index contributed by atoms with van der Waals surface area (Å²) in [6.07, 6.45) is 2.65. The highest BCUT2D eigenvalue weighted by Crippen LogP contribution is 2.32. The maximum atomic E-state index is 12.6. The molecule has 26 heavy (non-hydrogen) atoms. The predicted octanol–water partition coefficient (Wildman–Crippen LogP) is 2.24. The van der Waals surface area contributed by atoms with Crippen LogP contribution in [0.5, 0.6) is 0 Å². The maximum Gasteiger partial charge on any atom is 0.332 e. The number of para-hydroxylation sites is 1. The standard InChI is InChI=1S/C19H22N2O5/c22-18(11-14-13-3-1-2-4-16(13)26-20-14)21-9-7-12(8-10-21)15-5-6-17(25-15)19(23)24/h1-4,12,15,17H,5-11H2,(H,23,24)/t15-,17+/m0/s1. The third-order valence-electron chi connectivity index (χ3n) is 5.52. The third-order valence-corrected chi connectivity index (χ3v) is 5.52. The third kappa shape index (κ3) is 3.31. The van der Waals surface area contributed by atoms with E-state index < -0.39 is 12.1 Å². The van der Waals surface area contributed by atoms with Crippen LogP contribution in [0.25, 0.3) is 11.0 Å². The molecule has 0 unspecified atom stereocenters. The average molecular weight is 358 g/mol. The number of amides is 1. The number of piperidine rings is 1. The summed E-state index contributed by atoms with van der Waals surface area (Å²) in [6, 6.07) is 7.54. The Morgan fingerprint density at radius 1 is 1.15 bits per heavy atom. The van der Waals surface area contributed by atoms with Crippen molar-refractivity contribution < 1.29 is 24.0 Å². The van der Waals surface area contributed by atoms with Crippen molar-refractivity contribution in [3.8, 4) is 0 Å². The molecule has 2 atom stereocenters. The van der Waals surface area contributed by atoms with E-state index in [0.717, 1.165) is 24.6 Å². The number of rotatable bonds is 4. The Labute approximate surface area is 150 Å². The molecule has 0 radical (unpaired) electrons. The fourth-order valence-corrected chi connectivity index (χ4v) is 4.03. The molecule has 1 N–H and O–H groups in total. The van der Waals surface area contributed by atoms with E-state index in [9.17, 15) is 9.59 Å². The number of aromatic nitrogens is 1. The number of hydrogen-bond donors (Lipinski definition) is 1. The van der Waals surface area contributed by atoms with Gasteiger partial charge in [0.25, 0.3) is 0 Å². The first-order valence-electron chi connectivity index (χ1n) is 9.11. The van der Waals surface area contributed by atoms with Gasteiger partial charge in [-0.1, -0.05) is 17.3 Å². The molecule has 1 aromatic carbocycles. The van der Waals surface area contributed by atoms with E-state index in [-0.39, 0.29) is 18.4 Å². The smallest absolute Gasteiger partial charge is 0.332 e. The molecule has 2 aliphatic rings. The lowest BCUT2D eigenvalue weighted by Gasteiger charge is -2.34. The minimum Gasteiger partial charge on any atom is -0.479 e. The van der Waals surface area contributed by atoms with Gasteiger partial charge in [-0.3, -0.25) is 4.79 Å². The monoisotopic (exact) mass is 358 g/mol. The number of fused-ring (bicyclic) bond motifs is 1. The van der Waals surface area contributed by atoms with Gasteiger partial charge in [-0.15, -0.1) is 0 Å². The van der Waals surface area contributed by atoms with E-state index in [4.69, 9.17) is 14.4 Å². The Balaban J connectivity index is 1.32. The van der Waals surface area contributed by atoms with Crippen LogP contribution >= 0.6 is 0 Å². The van der Waals surface area contributed by atoms with Crippen LogP contribution in [-0.2, 0) is 20.7 Å². The molecule has 3 heterocycles. The van der Waals surface area contributed by atoms with Crippen molar-refractivity contribution in [2.24, 2.45) is 5.92 Å². The molecule has 0 aliphatic carbocycles. The van der Waals surface area contributed by atoms with E-state index in [0.29, 0.717) is 36.7 Å². The zero-order chi connectivity index (χ0) is 18.1. The topological polar surface area (TPSA) is 92.9 Å². The number of likely N-dealkylation sites (tertiary alicyclic amines) is 1. The van der Waals surface area contributed by atoms with Crippen molar-refractivity contribution >= 4 is 22.8 Å². The molecule has 7 nitrogen and oxygen atoms in total. The normalized spacial score (nSPS) is 24.2. The molecule has 0 saturated carbocycles. The molecule has 2 fully saturated rings. The molecule has 2 aliphatic heterocycles. The van der Waals surface area contributed by atoms with Crippen LogP contribution in [-0.4, -0.2) is 52.3 Å². The fourth-order valence-electron chi connectivity index (χ4n) is 4.03. The minimum atomic E-state index is -0.875. The van der Waals surface area contributed by atoms with Crippen molar-refractivity contribution in [3.63, 3.8) is 0 Å². The number of ether oxygens (including phenoxy) is 1. The summed E-state index contributed by atoms with van der Waals surface area (Å²) in [5.74, 6) is -0.491. The number of aliphatic carboxylic acids is 1. The minimum absolute atomic E-state index is 0.00726. The van der Waals surface area contributed by atoms with Crippen LogP contribution in [0.3, 0.4) is 0 Å². The number of benzene rings is 1. The van der Waals surface area contributed by atoms with E-state index in [1.54, 1.807) is 0 Å². The lowest BCUT2D eigenvalue weighted by Crippen LogP contribution is -2.42. The van der Waals surface area contributed by atoms with Gasteiger partial charge < -0.3 is 19.3 Å². The number of carboxylic acid groups (broad SMARTS) is 1. The zero-order valence-electron chi connectivity index (χ0n) is 14.5. The Hall–Kier alpha value is -2.41. The largest absolute Gasteiger partial charge is 0.479 e. The molecule has 0 bridgehead atoms. The number of carboxylic acids is 1. The maximum absolute atomic E-state index is 12.6. The van der Waals surface area contributed by atoms with Gasteiger partial charge in [0.2, 0.25) is 5.91 Å². The molecular formula is C19H22N2O5. The van der Waals surface area contributed by atoms with Gasteiger partial charge in [-0.2, -0.15) is 0 Å². The second-order valence-electron chi connectivity index (χ2n) is 7.10. The Morgan fingerprint density at radius 2 is 1.92 bits per heavy atom. The van der Waals surface area contributed by atoms with Crippen LogP contribution in [0, 0.1) is 5.92 Å². The highest BCUT2D eigenvalue weighted by Gasteiger charge is 2.37. The van der Waals surface area contributed by atoms with Gasteiger partial charge in [0.05, 0.1) is 12.5 Å². The highest BCUT2D eigenvalue weighted by molar-refractivity contribution is 5.86. The molecule has 1 amide bonds. The molecule has 2 saturated heterocycles. The van der Waals surface area contributed by atoms with E-state index in [1.807, 2.05) is 29.2 Å². The van der Waals surface area contributed by atoms with Crippen molar-refractivity contribution in [1.29, 1.82) is 0 Å². The van der Waals surface area contributed by atoms with E-state index in [2.05, 4.69) is 5.16 Å². The second-order valence-corrected chi connectivity index (χ2v) is 7.10. The number of carbonyl (C=O) groups is 2. The van der Waals surface area contributed by atoms with E-state index >= 15 is 0 Å². The molecule has 4 rings (SSSR count). The molecule has 0 spiro atoms. The van der Waals surface area contributed by atoms with Crippen LogP contribution in [0.1, 0.15) is 31.4 Å². The number of nitrogens with zero attached hydrogens (tertiary/aromatic N) is 2. The van der Waals surface area contributed by atoms with Gasteiger partial charge in [-0.25, -0.2) is 4.79 Å². The predicted molar refractivity (Wildman–Crippen MR) is 92.5 cm³/mol. The first-order chi connectivity index (χ1) is 12.6. The molecule has 2 aromatic rings. The lowest BCUT2D eigenvalue weighted by molar-refractivity contribution is -0.151. The summed E-state index contributed by atoms with van der Waals surface area (Å²) in [5.41, 5.74) is 1.37. The Morgan fingerprint density at radius 3 is 2.65 bits per heavy atom. The van der Waals surface area contributed by atoms with Gasteiger partial charge in [-0.05, 0) is 43.7 Å². The Bertz CT molecular complexity index is 809. The summed E-state index contributed by atoms with van der Waals surface area (Å²) in [7, 11) is 0. The summed E-state index contributed by atoms with van der Waals surface area (Å²) in [5, 5.41) is 14.0.